The third-order valence-electron chi connectivity index (χ3n) is 3.82. The zero-order valence-corrected chi connectivity index (χ0v) is 15.3. The third-order valence-corrected chi connectivity index (χ3v) is 6.14. The summed E-state index contributed by atoms with van der Waals surface area (Å²) in [5, 5.41) is 0.498. The van der Waals surface area contributed by atoms with E-state index in [0.29, 0.717) is 24.3 Å². The summed E-state index contributed by atoms with van der Waals surface area (Å²) in [6.07, 6.45) is 1.20. The van der Waals surface area contributed by atoms with Gasteiger partial charge in [0.2, 0.25) is 0 Å². The van der Waals surface area contributed by atoms with E-state index in [2.05, 4.69) is 0 Å². The van der Waals surface area contributed by atoms with Crippen molar-refractivity contribution >= 4 is 38.9 Å². The Kier molecular flexibility index (Phi) is 5.81. The Hall–Kier alpha value is -0.980. The first kappa shape index (κ1) is 18.4. The Morgan fingerprint density at radius 3 is 2.39 bits per heavy atom. The number of sulfone groups is 1. The van der Waals surface area contributed by atoms with E-state index in [0.717, 1.165) is 6.42 Å². The highest BCUT2D eigenvalue weighted by Gasteiger charge is 2.34. The van der Waals surface area contributed by atoms with E-state index in [1.807, 2.05) is 6.92 Å². The summed E-state index contributed by atoms with van der Waals surface area (Å²) in [5.74, 6) is 0.182. The lowest BCUT2D eigenvalue weighted by molar-refractivity contribution is 0.0697. The summed E-state index contributed by atoms with van der Waals surface area (Å²) in [5.41, 5.74) is 0.332. The van der Waals surface area contributed by atoms with Gasteiger partial charge in [-0.3, -0.25) is 4.79 Å². The van der Waals surface area contributed by atoms with Crippen molar-refractivity contribution in [1.82, 2.24) is 4.90 Å². The predicted octanol–water partition coefficient (Wildman–Crippen LogP) is 3.04. The topological polar surface area (TPSA) is 63.7 Å². The van der Waals surface area contributed by atoms with Gasteiger partial charge >= 0.3 is 0 Å². The van der Waals surface area contributed by atoms with Crippen molar-refractivity contribution in [1.29, 1.82) is 0 Å². The number of carbonyl (C=O) groups excluding carboxylic acids is 1. The molecule has 23 heavy (non-hydrogen) atoms. The minimum Gasteiger partial charge on any atom is -0.494 e. The molecule has 0 aliphatic carbocycles. The Bertz CT molecular complexity index is 682. The quantitative estimate of drug-likeness (QED) is 0.788. The second kappa shape index (κ2) is 7.28. The van der Waals surface area contributed by atoms with Gasteiger partial charge in [0.05, 0.1) is 28.7 Å². The van der Waals surface area contributed by atoms with Crippen molar-refractivity contribution in [3.8, 4) is 5.75 Å². The van der Waals surface area contributed by atoms with Crippen LogP contribution in [0.25, 0.3) is 0 Å². The van der Waals surface area contributed by atoms with E-state index in [-0.39, 0.29) is 33.5 Å². The molecule has 0 bridgehead atoms. The number of nitrogens with zero attached hydrogens (tertiary/aromatic N) is 1. The highest BCUT2D eigenvalue weighted by Crippen LogP contribution is 2.34. The van der Waals surface area contributed by atoms with Crippen LogP contribution in [-0.2, 0) is 9.84 Å². The summed E-state index contributed by atoms with van der Waals surface area (Å²) < 4.78 is 28.5. The zero-order chi connectivity index (χ0) is 17.2. The molecule has 1 unspecified atom stereocenters. The van der Waals surface area contributed by atoms with Crippen LogP contribution in [0.15, 0.2) is 12.1 Å². The number of methoxy groups -OCH3 is 1. The maximum Gasteiger partial charge on any atom is 0.254 e. The first-order valence-corrected chi connectivity index (χ1v) is 9.91. The molecule has 8 heteroatoms. The molecular formula is C15H19Cl2NO4S. The number of hydrogen-bond donors (Lipinski definition) is 0. The molecule has 1 aromatic carbocycles. The van der Waals surface area contributed by atoms with Crippen LogP contribution in [0.5, 0.6) is 5.75 Å². The molecule has 1 atom stereocenters. The fraction of sp³-hybridized carbons (Fsp3) is 0.533. The van der Waals surface area contributed by atoms with Crippen LogP contribution in [0.3, 0.4) is 0 Å². The number of carbonyl (C=O) groups is 1. The lowest BCUT2D eigenvalue weighted by Crippen LogP contribution is -2.41. The number of rotatable bonds is 5. The highest BCUT2D eigenvalue weighted by atomic mass is 35.5. The first-order chi connectivity index (χ1) is 10.8. The first-order valence-electron chi connectivity index (χ1n) is 7.33. The van der Waals surface area contributed by atoms with Crippen LogP contribution < -0.4 is 4.74 Å². The Labute approximate surface area is 146 Å². The summed E-state index contributed by atoms with van der Waals surface area (Å²) in [6.45, 7) is 2.43. The molecule has 128 valence electrons. The van der Waals surface area contributed by atoms with Gasteiger partial charge in [0.25, 0.3) is 5.91 Å². The van der Waals surface area contributed by atoms with Crippen LogP contribution in [-0.4, -0.2) is 50.4 Å². The zero-order valence-electron chi connectivity index (χ0n) is 13.0. The van der Waals surface area contributed by atoms with E-state index >= 15 is 0 Å². The largest absolute Gasteiger partial charge is 0.494 e. The molecule has 0 saturated carbocycles. The highest BCUT2D eigenvalue weighted by molar-refractivity contribution is 7.91. The van der Waals surface area contributed by atoms with Gasteiger partial charge in [-0.15, -0.1) is 0 Å². The van der Waals surface area contributed by atoms with Crippen LogP contribution in [0.2, 0.25) is 10.0 Å². The molecule has 0 radical (unpaired) electrons. The van der Waals surface area contributed by atoms with Gasteiger partial charge in [0, 0.05) is 18.2 Å². The number of benzene rings is 1. The molecule has 1 aliphatic heterocycles. The maximum atomic E-state index is 12.8. The van der Waals surface area contributed by atoms with Crippen LogP contribution in [0.4, 0.5) is 0 Å². The SMILES string of the molecule is CCCN(C(=O)c1cc(Cl)c(OC)c(Cl)c1)C1CCS(=O)(=O)C1. The van der Waals surface area contributed by atoms with Gasteiger partial charge in [0.15, 0.2) is 15.6 Å². The fourth-order valence-electron chi connectivity index (χ4n) is 2.76. The van der Waals surface area contributed by atoms with Gasteiger partial charge in [-0.2, -0.15) is 0 Å². The molecule has 2 rings (SSSR count). The molecular weight excluding hydrogens is 361 g/mol. The summed E-state index contributed by atoms with van der Waals surface area (Å²) in [7, 11) is -1.62. The lowest BCUT2D eigenvalue weighted by atomic mass is 10.1. The van der Waals surface area contributed by atoms with Crippen molar-refractivity contribution in [2.45, 2.75) is 25.8 Å². The van der Waals surface area contributed by atoms with Gasteiger partial charge in [0.1, 0.15) is 0 Å². The third kappa shape index (κ3) is 4.11. The number of ether oxygens (including phenoxy) is 1. The molecule has 1 fully saturated rings. The molecule has 1 saturated heterocycles. The minimum atomic E-state index is -3.07. The van der Waals surface area contributed by atoms with Crippen LogP contribution in [0, 0.1) is 0 Å². The molecule has 1 aromatic rings. The summed E-state index contributed by atoms with van der Waals surface area (Å²) >= 11 is 12.2. The maximum absolute atomic E-state index is 12.8. The minimum absolute atomic E-state index is 0.0103. The standard InChI is InChI=1S/C15H19Cl2NO4S/c1-3-5-18(11-4-6-23(20,21)9-11)15(19)10-7-12(16)14(22-2)13(17)8-10/h7-8,11H,3-6,9H2,1-2H3. The summed E-state index contributed by atoms with van der Waals surface area (Å²) in [6, 6.07) is 2.70. The van der Waals surface area contributed by atoms with Crippen molar-refractivity contribution in [3.05, 3.63) is 27.7 Å². The second-order valence-corrected chi connectivity index (χ2v) is 8.57. The normalized spacial score (nSPS) is 19.6. The second-order valence-electron chi connectivity index (χ2n) is 5.53. The molecule has 0 spiro atoms. The van der Waals surface area contributed by atoms with Gasteiger partial charge in [-0.05, 0) is 25.0 Å². The van der Waals surface area contributed by atoms with Crippen molar-refractivity contribution < 1.29 is 17.9 Å². The number of hydrogen-bond acceptors (Lipinski definition) is 4. The van der Waals surface area contributed by atoms with E-state index in [9.17, 15) is 13.2 Å². The molecule has 0 N–H and O–H groups in total. The smallest absolute Gasteiger partial charge is 0.254 e. The van der Waals surface area contributed by atoms with Crippen LogP contribution >= 0.6 is 23.2 Å². The molecule has 5 nitrogen and oxygen atoms in total. The average Bonchev–Trinajstić information content (AvgIpc) is 2.83. The van der Waals surface area contributed by atoms with E-state index in [1.165, 1.54) is 19.2 Å². The lowest BCUT2D eigenvalue weighted by Gasteiger charge is -2.28. The average molecular weight is 380 g/mol. The van der Waals surface area contributed by atoms with Crippen molar-refractivity contribution in [3.63, 3.8) is 0 Å². The predicted molar refractivity (Wildman–Crippen MR) is 91.4 cm³/mol. The van der Waals surface area contributed by atoms with Crippen LogP contribution in [0.1, 0.15) is 30.1 Å². The van der Waals surface area contributed by atoms with Crippen molar-refractivity contribution in [2.24, 2.45) is 0 Å². The van der Waals surface area contributed by atoms with Gasteiger partial charge in [-0.25, -0.2) is 8.42 Å². The number of amides is 1. The molecule has 0 aromatic heterocycles. The monoisotopic (exact) mass is 379 g/mol. The van der Waals surface area contributed by atoms with E-state index in [1.54, 1.807) is 4.90 Å². The van der Waals surface area contributed by atoms with Gasteiger partial charge < -0.3 is 9.64 Å². The Morgan fingerprint density at radius 2 is 1.96 bits per heavy atom. The van der Waals surface area contributed by atoms with Gasteiger partial charge in [-0.1, -0.05) is 30.1 Å². The van der Waals surface area contributed by atoms with E-state index in [4.69, 9.17) is 27.9 Å². The van der Waals surface area contributed by atoms with Crippen molar-refractivity contribution in [2.75, 3.05) is 25.2 Å². The molecule has 1 heterocycles. The molecule has 1 aliphatic rings. The number of halogens is 2. The fourth-order valence-corrected chi connectivity index (χ4v) is 5.13. The molecule has 1 amide bonds. The Balaban J connectivity index is 2.32. The Morgan fingerprint density at radius 1 is 1.35 bits per heavy atom. The summed E-state index contributed by atoms with van der Waals surface area (Å²) in [4.78, 5) is 14.4. The van der Waals surface area contributed by atoms with E-state index < -0.39 is 9.84 Å².